The Bertz CT molecular complexity index is 949. The van der Waals surface area contributed by atoms with Gasteiger partial charge in [0.2, 0.25) is 0 Å². The second-order valence-electron chi connectivity index (χ2n) is 6.28. The largest absolute Gasteiger partial charge is 0.384 e. The van der Waals surface area contributed by atoms with E-state index in [-0.39, 0.29) is 40.9 Å². The highest BCUT2D eigenvalue weighted by molar-refractivity contribution is 7.91. The molecule has 1 aliphatic rings. The van der Waals surface area contributed by atoms with Crippen LogP contribution in [0.1, 0.15) is 21.5 Å². The quantitative estimate of drug-likeness (QED) is 0.738. The molecule has 0 atom stereocenters. The molecule has 152 valence electrons. The number of carbonyl (C=O) groups is 1. The van der Waals surface area contributed by atoms with Crippen LogP contribution in [0, 0.1) is 5.82 Å². The summed E-state index contributed by atoms with van der Waals surface area (Å²) >= 11 is 0. The summed E-state index contributed by atoms with van der Waals surface area (Å²) in [6.45, 7) is 1.40. The summed E-state index contributed by atoms with van der Waals surface area (Å²) in [5, 5.41) is 5.74. The molecule has 2 N–H and O–H groups in total. The minimum Gasteiger partial charge on any atom is -0.384 e. The first-order chi connectivity index (χ1) is 12.9. The first-order valence-corrected chi connectivity index (χ1v) is 10.2. The van der Waals surface area contributed by atoms with Gasteiger partial charge < -0.3 is 15.4 Å². The van der Waals surface area contributed by atoms with Gasteiger partial charge in [0.25, 0.3) is 5.91 Å². The topological polar surface area (TPSA) is 84.5 Å². The van der Waals surface area contributed by atoms with Crippen LogP contribution in [-0.2, 0) is 27.5 Å². The Hall–Kier alpha value is -2.00. The van der Waals surface area contributed by atoms with E-state index in [2.05, 4.69) is 10.6 Å². The number of hydrogen-bond donors (Lipinski definition) is 2. The average molecular weight is 429 g/mol. The SMILES string of the molecule is COCCS(=O)(=O)c1ccc(C(=O)Nc2ccc3c(c2F)CCNC3)cc1.Cl. The number of methoxy groups -OCH3 is 1. The van der Waals surface area contributed by atoms with Gasteiger partial charge in [0.15, 0.2) is 9.84 Å². The second-order valence-corrected chi connectivity index (χ2v) is 8.39. The third-order valence-electron chi connectivity index (χ3n) is 4.49. The lowest BCUT2D eigenvalue weighted by Gasteiger charge is -2.19. The number of anilines is 1. The molecule has 6 nitrogen and oxygen atoms in total. The van der Waals surface area contributed by atoms with Gasteiger partial charge in [-0.15, -0.1) is 12.4 Å². The predicted molar refractivity (Wildman–Crippen MR) is 107 cm³/mol. The molecule has 0 fully saturated rings. The maximum atomic E-state index is 14.6. The van der Waals surface area contributed by atoms with Gasteiger partial charge in [0, 0.05) is 19.2 Å². The summed E-state index contributed by atoms with van der Waals surface area (Å²) in [6, 6.07) is 8.91. The zero-order valence-electron chi connectivity index (χ0n) is 15.3. The fraction of sp³-hybridized carbons (Fsp3) is 0.316. The molecule has 0 radical (unpaired) electrons. The first kappa shape index (κ1) is 22.3. The van der Waals surface area contributed by atoms with Gasteiger partial charge in [0.05, 0.1) is 22.9 Å². The molecule has 0 saturated heterocycles. The van der Waals surface area contributed by atoms with Gasteiger partial charge in [-0.2, -0.15) is 0 Å². The van der Waals surface area contributed by atoms with Crippen LogP contribution in [0.5, 0.6) is 0 Å². The van der Waals surface area contributed by atoms with Crippen molar-refractivity contribution in [2.24, 2.45) is 0 Å². The third kappa shape index (κ3) is 4.88. The van der Waals surface area contributed by atoms with Crippen LogP contribution in [0.25, 0.3) is 0 Å². The van der Waals surface area contributed by atoms with Crippen molar-refractivity contribution in [2.75, 3.05) is 31.3 Å². The molecule has 0 unspecified atom stereocenters. The number of fused-ring (bicyclic) bond motifs is 1. The number of halogens is 2. The normalized spacial score (nSPS) is 13.4. The molecule has 0 saturated carbocycles. The average Bonchev–Trinajstić information content (AvgIpc) is 2.69. The van der Waals surface area contributed by atoms with Crippen molar-refractivity contribution in [3.63, 3.8) is 0 Å². The third-order valence-corrected chi connectivity index (χ3v) is 6.18. The predicted octanol–water partition coefficient (Wildman–Crippen LogP) is 2.57. The molecule has 1 heterocycles. The van der Waals surface area contributed by atoms with E-state index in [9.17, 15) is 17.6 Å². The van der Waals surface area contributed by atoms with E-state index in [1.165, 1.54) is 31.4 Å². The van der Waals surface area contributed by atoms with Crippen LogP contribution < -0.4 is 10.6 Å². The summed E-state index contributed by atoms with van der Waals surface area (Å²) in [7, 11) is -2.03. The first-order valence-electron chi connectivity index (χ1n) is 8.56. The lowest BCUT2D eigenvalue weighted by Crippen LogP contribution is -2.25. The summed E-state index contributed by atoms with van der Waals surface area (Å²) in [4.78, 5) is 12.5. The van der Waals surface area contributed by atoms with E-state index in [1.54, 1.807) is 12.1 Å². The molecule has 0 spiro atoms. The van der Waals surface area contributed by atoms with Crippen molar-refractivity contribution < 1.29 is 22.3 Å². The van der Waals surface area contributed by atoms with Crippen molar-refractivity contribution in [3.8, 4) is 0 Å². The monoisotopic (exact) mass is 428 g/mol. The maximum absolute atomic E-state index is 14.6. The summed E-state index contributed by atoms with van der Waals surface area (Å²) < 4.78 is 43.6. The van der Waals surface area contributed by atoms with E-state index >= 15 is 0 Å². The molecule has 2 aromatic carbocycles. The minimum absolute atomic E-state index is 0. The highest BCUT2D eigenvalue weighted by atomic mass is 35.5. The Morgan fingerprint density at radius 2 is 1.93 bits per heavy atom. The van der Waals surface area contributed by atoms with Crippen LogP contribution in [0.3, 0.4) is 0 Å². The molecular formula is C19H22ClFN2O4S. The number of carbonyl (C=O) groups excluding carboxylic acids is 1. The van der Waals surface area contributed by atoms with Crippen molar-refractivity contribution in [3.05, 3.63) is 58.9 Å². The minimum atomic E-state index is -3.46. The number of hydrogen-bond acceptors (Lipinski definition) is 5. The van der Waals surface area contributed by atoms with E-state index in [4.69, 9.17) is 4.74 Å². The molecule has 1 amide bonds. The van der Waals surface area contributed by atoms with Crippen LogP contribution in [-0.4, -0.2) is 40.3 Å². The van der Waals surface area contributed by atoms with Crippen molar-refractivity contribution >= 4 is 33.8 Å². The molecule has 3 rings (SSSR count). The van der Waals surface area contributed by atoms with Crippen LogP contribution in [0.2, 0.25) is 0 Å². The Morgan fingerprint density at radius 3 is 2.61 bits per heavy atom. The van der Waals surface area contributed by atoms with Crippen LogP contribution in [0.15, 0.2) is 41.3 Å². The lowest BCUT2D eigenvalue weighted by atomic mass is 9.99. The van der Waals surface area contributed by atoms with E-state index in [0.717, 1.165) is 5.56 Å². The Morgan fingerprint density at radius 1 is 1.21 bits per heavy atom. The molecular weight excluding hydrogens is 407 g/mol. The lowest BCUT2D eigenvalue weighted by molar-refractivity contribution is 0.102. The number of benzene rings is 2. The van der Waals surface area contributed by atoms with Gasteiger partial charge >= 0.3 is 0 Å². The standard InChI is InChI=1S/C19H21FN2O4S.ClH/c1-26-10-11-27(24,25)15-5-2-13(3-6-15)19(23)22-17-7-4-14-12-21-9-8-16(14)18(17)20;/h2-7,21H,8-12H2,1H3,(H,22,23);1H. The molecule has 9 heteroatoms. The number of ether oxygens (including phenoxy) is 1. The number of sulfone groups is 1. The van der Waals surface area contributed by atoms with Crippen molar-refractivity contribution in [1.29, 1.82) is 0 Å². The molecule has 28 heavy (non-hydrogen) atoms. The van der Waals surface area contributed by atoms with Crippen molar-refractivity contribution in [2.45, 2.75) is 17.9 Å². The summed E-state index contributed by atoms with van der Waals surface area (Å²) in [5.41, 5.74) is 1.88. The van der Waals surface area contributed by atoms with E-state index in [1.807, 2.05) is 0 Å². The highest BCUT2D eigenvalue weighted by Crippen LogP contribution is 2.25. The maximum Gasteiger partial charge on any atom is 0.255 e. The van der Waals surface area contributed by atoms with Crippen LogP contribution in [0.4, 0.5) is 10.1 Å². The molecule has 0 aliphatic carbocycles. The molecule has 0 bridgehead atoms. The summed E-state index contributed by atoms with van der Waals surface area (Å²) in [5.74, 6) is -1.05. The Labute approximate surface area is 169 Å². The smallest absolute Gasteiger partial charge is 0.255 e. The molecule has 1 aliphatic heterocycles. The van der Waals surface area contributed by atoms with Gasteiger partial charge in [-0.25, -0.2) is 12.8 Å². The van der Waals surface area contributed by atoms with Crippen LogP contribution >= 0.6 is 12.4 Å². The Kier molecular flexibility index (Phi) is 7.54. The van der Waals surface area contributed by atoms with Gasteiger partial charge in [-0.1, -0.05) is 6.07 Å². The van der Waals surface area contributed by atoms with E-state index in [0.29, 0.717) is 25.1 Å². The fourth-order valence-electron chi connectivity index (χ4n) is 2.95. The zero-order chi connectivity index (χ0) is 19.4. The number of amides is 1. The van der Waals surface area contributed by atoms with Gasteiger partial charge in [0.1, 0.15) is 5.82 Å². The summed E-state index contributed by atoms with van der Waals surface area (Å²) in [6.07, 6.45) is 0.568. The highest BCUT2D eigenvalue weighted by Gasteiger charge is 2.19. The molecule has 2 aromatic rings. The number of rotatable bonds is 6. The van der Waals surface area contributed by atoms with Crippen molar-refractivity contribution in [1.82, 2.24) is 5.32 Å². The fourth-order valence-corrected chi connectivity index (χ4v) is 4.12. The molecule has 0 aromatic heterocycles. The second kappa shape index (κ2) is 9.47. The zero-order valence-corrected chi connectivity index (χ0v) is 17.0. The van der Waals surface area contributed by atoms with Gasteiger partial charge in [-0.3, -0.25) is 4.79 Å². The van der Waals surface area contributed by atoms with Gasteiger partial charge in [-0.05, 0) is 54.4 Å². The Balaban J connectivity index is 0.00000280. The number of nitrogens with one attached hydrogen (secondary N) is 2. The van der Waals surface area contributed by atoms with E-state index < -0.39 is 21.6 Å².